The number of halogens is 4. The van der Waals surface area contributed by atoms with E-state index >= 15 is 0 Å². The maximum absolute atomic E-state index is 14.2. The van der Waals surface area contributed by atoms with Gasteiger partial charge in [0.25, 0.3) is 10.0 Å². The number of nitrogens with one attached hydrogen (secondary N) is 1. The first-order valence-corrected chi connectivity index (χ1v) is 13.6. The molecule has 0 aromatic heterocycles. The summed E-state index contributed by atoms with van der Waals surface area (Å²) in [6.45, 7) is 5.82. The summed E-state index contributed by atoms with van der Waals surface area (Å²) >= 11 is 0. The summed E-state index contributed by atoms with van der Waals surface area (Å²) < 4.78 is 74.8. The van der Waals surface area contributed by atoms with Gasteiger partial charge in [-0.15, -0.1) is 0 Å². The topological polar surface area (TPSA) is 127 Å². The Morgan fingerprint density at radius 1 is 0.829 bits per heavy atom. The van der Waals surface area contributed by atoms with Crippen LogP contribution in [0.2, 0.25) is 0 Å². The highest BCUT2D eigenvalue weighted by Gasteiger charge is 2.38. The van der Waals surface area contributed by atoms with E-state index in [1.54, 1.807) is 36.4 Å². The molecular formula is C27H27F4N3O6S. The van der Waals surface area contributed by atoms with Crippen molar-refractivity contribution in [2.24, 2.45) is 0 Å². The van der Waals surface area contributed by atoms with Crippen molar-refractivity contribution in [2.45, 2.75) is 24.9 Å². The normalized spacial score (nSPS) is 13.7. The van der Waals surface area contributed by atoms with Crippen LogP contribution in [0.15, 0.2) is 65.6 Å². The smallest absolute Gasteiger partial charge is 0.478 e. The number of rotatable bonds is 6. The summed E-state index contributed by atoms with van der Waals surface area (Å²) in [6, 6.07) is 15.8. The maximum atomic E-state index is 14.2. The number of aryl methyl sites for hydroxylation is 2. The Bertz CT molecular complexity index is 1540. The van der Waals surface area contributed by atoms with Crippen LogP contribution >= 0.6 is 0 Å². The van der Waals surface area contributed by atoms with Gasteiger partial charge >= 0.3 is 18.1 Å². The van der Waals surface area contributed by atoms with Gasteiger partial charge in [-0.2, -0.15) is 13.2 Å². The van der Waals surface area contributed by atoms with Gasteiger partial charge in [-0.3, -0.25) is 4.72 Å². The molecule has 1 heterocycles. The number of carboxylic acid groups (broad SMARTS) is 2. The molecule has 0 atom stereocenters. The molecule has 41 heavy (non-hydrogen) atoms. The lowest BCUT2D eigenvalue weighted by molar-refractivity contribution is -0.192. The number of aliphatic carboxylic acids is 1. The van der Waals surface area contributed by atoms with Crippen LogP contribution in [0, 0.1) is 19.7 Å². The number of benzene rings is 3. The molecule has 9 nitrogen and oxygen atoms in total. The Labute approximate surface area is 233 Å². The Hall–Kier alpha value is -4.33. The monoisotopic (exact) mass is 597 g/mol. The third-order valence-electron chi connectivity index (χ3n) is 6.33. The minimum absolute atomic E-state index is 0.0217. The van der Waals surface area contributed by atoms with Gasteiger partial charge in [0, 0.05) is 26.2 Å². The summed E-state index contributed by atoms with van der Waals surface area (Å²) in [7, 11) is -3.95. The second-order valence-corrected chi connectivity index (χ2v) is 10.8. The van der Waals surface area contributed by atoms with E-state index in [1.165, 1.54) is 24.3 Å². The number of hydrogen-bond donors (Lipinski definition) is 3. The minimum Gasteiger partial charge on any atom is -0.478 e. The Kier molecular flexibility index (Phi) is 9.48. The number of nitrogens with zero attached hydrogens (tertiary/aromatic N) is 2. The zero-order chi connectivity index (χ0) is 30.5. The van der Waals surface area contributed by atoms with Crippen LogP contribution in [-0.2, 0) is 14.8 Å². The SMILES string of the molecule is Cc1ccc(S(=O)(=O)Nc2cc(C(=O)O)ccc2N2CCN(c3ccccc3F)CC2)cc1C.O=C(O)C(F)(F)F. The van der Waals surface area contributed by atoms with Crippen LogP contribution < -0.4 is 14.5 Å². The average Bonchev–Trinajstić information content (AvgIpc) is 2.90. The largest absolute Gasteiger partial charge is 0.490 e. The van der Waals surface area contributed by atoms with Gasteiger partial charge in [-0.1, -0.05) is 18.2 Å². The lowest BCUT2D eigenvalue weighted by Crippen LogP contribution is -2.47. The number of carboxylic acids is 2. The molecule has 1 fully saturated rings. The molecule has 3 N–H and O–H groups in total. The molecule has 0 aliphatic carbocycles. The molecule has 1 saturated heterocycles. The summed E-state index contributed by atoms with van der Waals surface area (Å²) in [5.41, 5.74) is 3.08. The minimum atomic E-state index is -5.08. The van der Waals surface area contributed by atoms with Gasteiger partial charge in [-0.25, -0.2) is 22.4 Å². The van der Waals surface area contributed by atoms with Gasteiger partial charge in [-0.05, 0) is 67.4 Å². The van der Waals surface area contributed by atoms with E-state index in [0.29, 0.717) is 37.6 Å². The fraction of sp³-hybridized carbons (Fsp3) is 0.259. The number of anilines is 3. The van der Waals surface area contributed by atoms with Crippen molar-refractivity contribution in [1.82, 2.24) is 0 Å². The third kappa shape index (κ3) is 7.87. The average molecular weight is 598 g/mol. The molecule has 3 aromatic rings. The first kappa shape index (κ1) is 31.2. The highest BCUT2D eigenvalue weighted by molar-refractivity contribution is 7.92. The van der Waals surface area contributed by atoms with Crippen LogP contribution in [0.1, 0.15) is 21.5 Å². The van der Waals surface area contributed by atoms with Crippen LogP contribution in [-0.4, -0.2) is 62.9 Å². The van der Waals surface area contributed by atoms with E-state index in [-0.39, 0.29) is 22.0 Å². The first-order chi connectivity index (χ1) is 19.1. The van der Waals surface area contributed by atoms with Crippen molar-refractivity contribution in [1.29, 1.82) is 0 Å². The van der Waals surface area contributed by atoms with Crippen LogP contribution in [0.3, 0.4) is 0 Å². The van der Waals surface area contributed by atoms with E-state index in [4.69, 9.17) is 9.90 Å². The van der Waals surface area contributed by atoms with Gasteiger partial charge in [0.05, 0.1) is 27.5 Å². The fourth-order valence-electron chi connectivity index (χ4n) is 4.01. The van der Waals surface area contributed by atoms with Crippen LogP contribution in [0.5, 0.6) is 0 Å². The van der Waals surface area contributed by atoms with E-state index in [9.17, 15) is 35.9 Å². The maximum Gasteiger partial charge on any atom is 0.490 e. The molecule has 0 spiro atoms. The van der Waals surface area contributed by atoms with Gasteiger partial charge in [0.1, 0.15) is 5.82 Å². The molecule has 1 aliphatic rings. The van der Waals surface area contributed by atoms with Crippen molar-refractivity contribution in [3.63, 3.8) is 0 Å². The Balaban J connectivity index is 0.000000587. The molecule has 0 unspecified atom stereocenters. The number of para-hydroxylation sites is 1. The van der Waals surface area contributed by atoms with E-state index in [0.717, 1.165) is 11.1 Å². The fourth-order valence-corrected chi connectivity index (χ4v) is 5.16. The number of hydrogen-bond acceptors (Lipinski definition) is 6. The molecule has 0 bridgehead atoms. The molecule has 0 amide bonds. The summed E-state index contributed by atoms with van der Waals surface area (Å²) in [4.78, 5) is 24.5. The van der Waals surface area contributed by atoms with Crippen molar-refractivity contribution in [3.8, 4) is 0 Å². The molecule has 3 aromatic carbocycles. The summed E-state index contributed by atoms with van der Waals surface area (Å²) in [5.74, 6) is -4.20. The quantitative estimate of drug-likeness (QED) is 0.343. The standard InChI is InChI=1S/C25H26FN3O4S.C2HF3O2/c1-17-7-9-20(15-18(17)2)34(32,33)27-22-16-19(25(30)31)8-10-24(22)29-13-11-28(12-14-29)23-6-4-3-5-21(23)26;3-2(4,5)1(6)7/h3-10,15-16,27H,11-14H2,1-2H3,(H,30,31);(H,6,7). The van der Waals surface area contributed by atoms with Crippen molar-refractivity contribution in [3.05, 3.63) is 83.2 Å². The lowest BCUT2D eigenvalue weighted by atomic mass is 10.1. The van der Waals surface area contributed by atoms with E-state index in [2.05, 4.69) is 4.72 Å². The van der Waals surface area contributed by atoms with Gasteiger partial charge < -0.3 is 20.0 Å². The Morgan fingerprint density at radius 2 is 1.39 bits per heavy atom. The molecule has 1 aliphatic heterocycles. The molecule has 14 heteroatoms. The molecule has 0 saturated carbocycles. The molecule has 220 valence electrons. The van der Waals surface area contributed by atoms with Crippen LogP contribution in [0.4, 0.5) is 34.6 Å². The van der Waals surface area contributed by atoms with Gasteiger partial charge in [0.2, 0.25) is 0 Å². The van der Waals surface area contributed by atoms with Crippen molar-refractivity contribution in [2.75, 3.05) is 40.7 Å². The number of sulfonamides is 1. The zero-order valence-corrected chi connectivity index (χ0v) is 22.8. The summed E-state index contributed by atoms with van der Waals surface area (Å²) in [6.07, 6.45) is -5.08. The predicted molar refractivity (Wildman–Crippen MR) is 145 cm³/mol. The Morgan fingerprint density at radius 3 is 1.90 bits per heavy atom. The molecule has 0 radical (unpaired) electrons. The first-order valence-electron chi connectivity index (χ1n) is 12.1. The molecular weight excluding hydrogens is 570 g/mol. The van der Waals surface area contributed by atoms with Gasteiger partial charge in [0.15, 0.2) is 0 Å². The van der Waals surface area contributed by atoms with Crippen LogP contribution in [0.25, 0.3) is 0 Å². The summed E-state index contributed by atoms with van der Waals surface area (Å²) in [5, 5.41) is 16.6. The number of alkyl halides is 3. The van der Waals surface area contributed by atoms with E-state index in [1.807, 2.05) is 23.6 Å². The van der Waals surface area contributed by atoms with Crippen molar-refractivity contribution < 1.29 is 45.8 Å². The third-order valence-corrected chi connectivity index (χ3v) is 7.70. The second kappa shape index (κ2) is 12.5. The number of carbonyl (C=O) groups is 2. The molecule has 4 rings (SSSR count). The highest BCUT2D eigenvalue weighted by Crippen LogP contribution is 2.32. The lowest BCUT2D eigenvalue weighted by Gasteiger charge is -2.38. The number of piperazine rings is 1. The predicted octanol–water partition coefficient (Wildman–Crippen LogP) is 4.90. The second-order valence-electron chi connectivity index (χ2n) is 9.12. The highest BCUT2D eigenvalue weighted by atomic mass is 32.2. The number of aromatic carboxylic acids is 1. The van der Waals surface area contributed by atoms with E-state index < -0.39 is 28.1 Å². The van der Waals surface area contributed by atoms with Crippen molar-refractivity contribution >= 4 is 39.0 Å². The zero-order valence-electron chi connectivity index (χ0n) is 21.9.